The first-order valence-corrected chi connectivity index (χ1v) is 9.92. The number of carbonyl (C=O) groups excluding carboxylic acids is 1. The molecule has 0 bridgehead atoms. The van der Waals surface area contributed by atoms with Crippen LogP contribution >= 0.6 is 0 Å². The highest BCUT2D eigenvalue weighted by molar-refractivity contribution is 5.87. The molecule has 0 unspecified atom stereocenters. The summed E-state index contributed by atoms with van der Waals surface area (Å²) in [7, 11) is 1.01. The molecule has 176 valence electrons. The summed E-state index contributed by atoms with van der Waals surface area (Å²) < 4.78 is 42.0. The zero-order valence-electron chi connectivity index (χ0n) is 18.1. The Balaban J connectivity index is 0.000000451. The van der Waals surface area contributed by atoms with Gasteiger partial charge in [-0.05, 0) is 19.9 Å². The average molecular weight is 456 g/mol. The van der Waals surface area contributed by atoms with E-state index in [0.717, 1.165) is 30.3 Å². The number of ether oxygens (including phenoxy) is 1. The van der Waals surface area contributed by atoms with Crippen molar-refractivity contribution < 1.29 is 27.2 Å². The minimum absolute atomic E-state index is 0.254. The summed E-state index contributed by atoms with van der Waals surface area (Å²) in [6, 6.07) is 6.40. The highest BCUT2D eigenvalue weighted by atomic mass is 19.4. The number of methoxy groups -OCH3 is 1. The maximum Gasteiger partial charge on any atom is 0.411 e. The maximum absolute atomic E-state index is 10.9. The second kappa shape index (κ2) is 11.5. The van der Waals surface area contributed by atoms with Gasteiger partial charge in [-0.15, -0.1) is 0 Å². The number of piperazine rings is 1. The molecule has 12 heteroatoms. The van der Waals surface area contributed by atoms with Gasteiger partial charge in [0.15, 0.2) is 0 Å². The number of halogens is 3. The van der Waals surface area contributed by atoms with Crippen LogP contribution in [0.15, 0.2) is 22.7 Å². The van der Waals surface area contributed by atoms with Gasteiger partial charge < -0.3 is 29.8 Å². The number of amides is 1. The minimum atomic E-state index is -4.17. The number of hydrogen-bond donors (Lipinski definition) is 2. The Labute approximate surface area is 184 Å². The van der Waals surface area contributed by atoms with Gasteiger partial charge in [0.1, 0.15) is 6.61 Å². The van der Waals surface area contributed by atoms with Gasteiger partial charge in [-0.3, -0.25) is 4.79 Å². The van der Waals surface area contributed by atoms with Gasteiger partial charge in [-0.25, -0.2) is 0 Å². The lowest BCUT2D eigenvalue weighted by Crippen LogP contribution is -2.45. The zero-order valence-corrected chi connectivity index (χ0v) is 18.1. The summed E-state index contributed by atoms with van der Waals surface area (Å²) in [6.07, 6.45) is -1.98. The van der Waals surface area contributed by atoms with Crippen LogP contribution in [0.2, 0.25) is 0 Å². The summed E-state index contributed by atoms with van der Waals surface area (Å²) in [4.78, 5) is 19.0. The van der Waals surface area contributed by atoms with Gasteiger partial charge in [0, 0.05) is 62.4 Å². The van der Waals surface area contributed by atoms with Crippen LogP contribution in [-0.4, -0.2) is 79.8 Å². The second-order valence-corrected chi connectivity index (χ2v) is 7.32. The first-order chi connectivity index (χ1) is 15.2. The van der Waals surface area contributed by atoms with E-state index in [1.54, 1.807) is 4.90 Å². The number of rotatable bonds is 7. The van der Waals surface area contributed by atoms with E-state index in [1.807, 2.05) is 36.9 Å². The molecule has 2 heterocycles. The number of carbonyl (C=O) groups is 1. The fourth-order valence-corrected chi connectivity index (χ4v) is 2.90. The van der Waals surface area contributed by atoms with E-state index >= 15 is 0 Å². The monoisotopic (exact) mass is 456 g/mol. The molecule has 32 heavy (non-hydrogen) atoms. The Hall–Kier alpha value is -3.15. The van der Waals surface area contributed by atoms with Crippen molar-refractivity contribution in [1.29, 1.82) is 5.41 Å². The summed E-state index contributed by atoms with van der Waals surface area (Å²) in [5.41, 5.74) is 2.51. The lowest BCUT2D eigenvalue weighted by atomic mass is 10.1. The molecule has 0 saturated carbocycles. The molecule has 1 aromatic carbocycles. The summed E-state index contributed by atoms with van der Waals surface area (Å²) >= 11 is 0. The summed E-state index contributed by atoms with van der Waals surface area (Å²) in [5, 5.41) is 14.9. The number of nitrogens with one attached hydrogen (secondary N) is 2. The first kappa shape index (κ1) is 25.1. The van der Waals surface area contributed by atoms with Gasteiger partial charge in [-0.2, -0.15) is 18.2 Å². The second-order valence-electron chi connectivity index (χ2n) is 7.32. The highest BCUT2D eigenvalue weighted by Crippen LogP contribution is 2.25. The summed E-state index contributed by atoms with van der Waals surface area (Å²) in [6.45, 7) is 5.58. The molecule has 0 atom stereocenters. The molecule has 0 radical (unpaired) electrons. The van der Waals surface area contributed by atoms with Crippen molar-refractivity contribution in [3.05, 3.63) is 23.8 Å². The molecule has 1 aromatic heterocycles. The van der Waals surface area contributed by atoms with Gasteiger partial charge in [0.25, 0.3) is 0 Å². The van der Waals surface area contributed by atoms with Crippen molar-refractivity contribution in [3.63, 3.8) is 0 Å². The van der Waals surface area contributed by atoms with Crippen LogP contribution in [-0.2, 0) is 9.53 Å². The molecule has 1 fully saturated rings. The Morgan fingerprint density at radius 3 is 2.47 bits per heavy atom. The molecule has 1 amide bonds. The van der Waals surface area contributed by atoms with Gasteiger partial charge >= 0.3 is 12.2 Å². The molecule has 1 aliphatic heterocycles. The lowest BCUT2D eigenvalue weighted by Gasteiger charge is -2.30. The quantitative estimate of drug-likeness (QED) is 0.487. The molecule has 1 aliphatic rings. The van der Waals surface area contributed by atoms with Crippen molar-refractivity contribution in [2.75, 3.05) is 50.1 Å². The van der Waals surface area contributed by atoms with E-state index in [-0.39, 0.29) is 6.04 Å². The Morgan fingerprint density at radius 2 is 1.97 bits per heavy atom. The highest BCUT2D eigenvalue weighted by Gasteiger charge is 2.26. The van der Waals surface area contributed by atoms with Crippen molar-refractivity contribution >= 4 is 24.3 Å². The largest absolute Gasteiger partial charge is 0.411 e. The van der Waals surface area contributed by atoms with Crippen LogP contribution in [0.5, 0.6) is 0 Å². The third-order valence-corrected chi connectivity index (χ3v) is 4.37. The molecule has 3 rings (SSSR count). The van der Waals surface area contributed by atoms with Crippen molar-refractivity contribution in [2.45, 2.75) is 26.1 Å². The van der Waals surface area contributed by atoms with Crippen LogP contribution in [0, 0.1) is 5.41 Å². The molecule has 0 aliphatic carbocycles. The van der Waals surface area contributed by atoms with E-state index in [4.69, 9.17) is 9.93 Å². The number of alkyl halides is 3. The van der Waals surface area contributed by atoms with E-state index in [9.17, 15) is 18.0 Å². The topological polar surface area (TPSA) is 108 Å². The number of benzene rings is 1. The van der Waals surface area contributed by atoms with Crippen molar-refractivity contribution in [1.82, 2.24) is 15.0 Å². The maximum atomic E-state index is 10.9. The Bertz CT molecular complexity index is 880. The molecular weight excluding hydrogens is 429 g/mol. The van der Waals surface area contributed by atoms with Crippen LogP contribution in [0.3, 0.4) is 0 Å². The van der Waals surface area contributed by atoms with E-state index in [1.165, 1.54) is 6.21 Å². The third-order valence-electron chi connectivity index (χ3n) is 4.37. The SMILES string of the molecule is CC(C)Nc1cc(-c2noc(N3CCN(C=O)CC3)n2)ccc1C=N.COCC(F)(F)F. The number of nitrogens with zero attached hydrogens (tertiary/aromatic N) is 4. The van der Waals surface area contributed by atoms with E-state index < -0.39 is 12.8 Å². The van der Waals surface area contributed by atoms with Gasteiger partial charge in [0.05, 0.1) is 0 Å². The molecule has 1 saturated heterocycles. The zero-order chi connectivity index (χ0) is 23.7. The van der Waals surface area contributed by atoms with Crippen molar-refractivity contribution in [3.8, 4) is 11.4 Å². The smallest absolute Gasteiger partial charge is 0.382 e. The Kier molecular flexibility index (Phi) is 9.00. The first-order valence-electron chi connectivity index (χ1n) is 9.92. The van der Waals surface area contributed by atoms with Crippen molar-refractivity contribution in [2.24, 2.45) is 0 Å². The fourth-order valence-electron chi connectivity index (χ4n) is 2.90. The molecule has 2 N–H and O–H groups in total. The van der Waals surface area contributed by atoms with Crippen LogP contribution < -0.4 is 10.2 Å². The molecular formula is C20H27F3N6O3. The standard InChI is InChI=1S/C17H22N6O2.C3H5F3O/c1-12(2)19-15-9-13(3-4-14(15)10-18)16-20-17(25-21-16)23-7-5-22(11-24)6-8-23;1-7-2-3(4,5)6/h3-4,9-12,18-19H,5-8H2,1-2H3;2H2,1H3. The number of anilines is 2. The van der Waals surface area contributed by atoms with Gasteiger partial charge in [0.2, 0.25) is 12.2 Å². The van der Waals surface area contributed by atoms with Gasteiger partial charge in [-0.1, -0.05) is 17.3 Å². The predicted molar refractivity (Wildman–Crippen MR) is 114 cm³/mol. The number of aromatic nitrogens is 2. The lowest BCUT2D eigenvalue weighted by molar-refractivity contribution is -0.167. The molecule has 0 spiro atoms. The number of hydrogen-bond acceptors (Lipinski definition) is 8. The Morgan fingerprint density at radius 1 is 1.28 bits per heavy atom. The predicted octanol–water partition coefficient (Wildman–Crippen LogP) is 3.03. The van der Waals surface area contributed by atoms with Crippen LogP contribution in [0.1, 0.15) is 19.4 Å². The third kappa shape index (κ3) is 7.52. The molecule has 9 nitrogen and oxygen atoms in total. The normalized spacial score (nSPS) is 14.1. The average Bonchev–Trinajstić information content (AvgIpc) is 3.23. The fraction of sp³-hybridized carbons (Fsp3) is 0.500. The van der Waals surface area contributed by atoms with E-state index in [2.05, 4.69) is 20.2 Å². The summed E-state index contributed by atoms with van der Waals surface area (Å²) in [5.74, 6) is 0.510. The van der Waals surface area contributed by atoms with E-state index in [0.29, 0.717) is 38.0 Å². The van der Waals surface area contributed by atoms with Crippen LogP contribution in [0.4, 0.5) is 24.9 Å². The van der Waals surface area contributed by atoms with Crippen LogP contribution in [0.25, 0.3) is 11.4 Å². The minimum Gasteiger partial charge on any atom is -0.382 e. The molecule has 2 aromatic rings.